The number of hydrogen-bond acceptors (Lipinski definition) is 6. The fraction of sp³-hybridized carbons (Fsp3) is 0.500. The van der Waals surface area contributed by atoms with Crippen molar-refractivity contribution in [1.29, 1.82) is 0 Å². The lowest BCUT2D eigenvalue weighted by Crippen LogP contribution is -2.45. The zero-order valence-electron chi connectivity index (χ0n) is 17.9. The maximum Gasteiger partial charge on any atom is 0.320 e. The first kappa shape index (κ1) is 22.2. The summed E-state index contributed by atoms with van der Waals surface area (Å²) in [6, 6.07) is 7.77. The van der Waals surface area contributed by atoms with Crippen LogP contribution in [0.2, 0.25) is 0 Å². The van der Waals surface area contributed by atoms with Gasteiger partial charge in [0.25, 0.3) is 0 Å². The number of amides is 2. The van der Waals surface area contributed by atoms with Crippen molar-refractivity contribution < 1.29 is 9.53 Å². The van der Waals surface area contributed by atoms with E-state index in [0.29, 0.717) is 6.61 Å². The molecule has 2 unspecified atom stereocenters. The lowest BCUT2D eigenvalue weighted by Gasteiger charge is -2.36. The van der Waals surface area contributed by atoms with Gasteiger partial charge in [0.2, 0.25) is 0 Å². The zero-order valence-corrected chi connectivity index (χ0v) is 20.1. The predicted molar refractivity (Wildman–Crippen MR) is 131 cm³/mol. The van der Waals surface area contributed by atoms with Crippen molar-refractivity contribution in [1.82, 2.24) is 20.6 Å². The summed E-state index contributed by atoms with van der Waals surface area (Å²) in [4.78, 5) is 24.3. The number of morpholine rings is 1. The number of hydrogen-bond donors (Lipinski definition) is 3. The molecular formula is C22H29IN6O2. The van der Waals surface area contributed by atoms with Crippen molar-refractivity contribution in [3.8, 4) is 11.4 Å². The van der Waals surface area contributed by atoms with Crippen molar-refractivity contribution in [2.45, 2.75) is 36.8 Å². The number of ether oxygens (including phenoxy) is 1. The maximum absolute atomic E-state index is 11.9. The molecule has 31 heavy (non-hydrogen) atoms. The molecule has 166 valence electrons. The molecule has 1 aromatic heterocycles. The van der Waals surface area contributed by atoms with Gasteiger partial charge in [-0.3, -0.25) is 0 Å². The van der Waals surface area contributed by atoms with E-state index in [1.807, 2.05) is 31.2 Å². The van der Waals surface area contributed by atoms with E-state index < -0.39 is 0 Å². The summed E-state index contributed by atoms with van der Waals surface area (Å²) >= 11 is 2.15. The van der Waals surface area contributed by atoms with E-state index >= 15 is 0 Å². The summed E-state index contributed by atoms with van der Waals surface area (Å²) in [5.41, 5.74) is 4.06. The Kier molecular flexibility index (Phi) is 7.24. The molecule has 2 aliphatic rings. The lowest BCUT2D eigenvalue weighted by molar-refractivity contribution is 0.0984. The van der Waals surface area contributed by atoms with Crippen LogP contribution in [0.4, 0.5) is 16.3 Å². The number of aromatic nitrogens is 2. The topological polar surface area (TPSA) is 91.4 Å². The van der Waals surface area contributed by atoms with Gasteiger partial charge in [-0.2, -0.15) is 0 Å². The Hall–Kier alpha value is -1.98. The second-order valence-corrected chi connectivity index (χ2v) is 9.82. The minimum absolute atomic E-state index is 0.0559. The van der Waals surface area contributed by atoms with E-state index in [9.17, 15) is 4.79 Å². The van der Waals surface area contributed by atoms with Crippen LogP contribution in [0, 0.1) is 0 Å². The molecule has 2 atom stereocenters. The molecule has 0 aliphatic carbocycles. The molecule has 0 bridgehead atoms. The SMILES string of the molecule is CC(I)NC(=O)Nc1ccc(-c2nc3c(c(N4CCOCC4C)n2)CCNCC3)cc1. The fourth-order valence-electron chi connectivity index (χ4n) is 3.98. The van der Waals surface area contributed by atoms with Crippen LogP contribution in [-0.4, -0.2) is 58.9 Å². The molecule has 3 N–H and O–H groups in total. The van der Waals surface area contributed by atoms with Gasteiger partial charge in [0.1, 0.15) is 5.82 Å². The van der Waals surface area contributed by atoms with E-state index in [1.165, 1.54) is 5.56 Å². The normalized spacial score (nSPS) is 19.8. The van der Waals surface area contributed by atoms with E-state index in [-0.39, 0.29) is 16.1 Å². The molecule has 2 amide bonds. The summed E-state index contributed by atoms with van der Waals surface area (Å²) in [6.07, 6.45) is 1.83. The molecule has 2 aliphatic heterocycles. The number of carbonyl (C=O) groups excluding carboxylic acids is 1. The van der Waals surface area contributed by atoms with Gasteiger partial charge in [0.15, 0.2) is 5.82 Å². The summed E-state index contributed by atoms with van der Waals surface area (Å²) in [5, 5.41) is 9.14. The quantitative estimate of drug-likeness (QED) is 0.316. The van der Waals surface area contributed by atoms with Gasteiger partial charge in [0.05, 0.1) is 29.0 Å². The highest BCUT2D eigenvalue weighted by Gasteiger charge is 2.26. The summed E-state index contributed by atoms with van der Waals surface area (Å²) in [7, 11) is 0. The third kappa shape index (κ3) is 5.45. The first-order valence-corrected chi connectivity index (χ1v) is 12.0. The molecule has 1 fully saturated rings. The molecule has 0 spiro atoms. The summed E-state index contributed by atoms with van der Waals surface area (Å²) in [6.45, 7) is 8.24. The smallest absolute Gasteiger partial charge is 0.320 e. The van der Waals surface area contributed by atoms with E-state index in [2.05, 4.69) is 50.4 Å². The lowest BCUT2D eigenvalue weighted by atomic mass is 10.1. The zero-order chi connectivity index (χ0) is 21.8. The number of alkyl halides is 1. The monoisotopic (exact) mass is 536 g/mol. The van der Waals surface area contributed by atoms with Gasteiger partial charge >= 0.3 is 6.03 Å². The Morgan fingerprint density at radius 1 is 1.26 bits per heavy atom. The standard InChI is InChI=1S/C22H29IN6O2/c1-14-13-31-12-11-29(14)21-18-7-9-24-10-8-19(18)27-20(28-21)16-3-5-17(6-4-16)26-22(30)25-15(2)23/h3-6,14-15,24H,7-13H2,1-2H3,(H2,25,26,30). The molecule has 0 saturated carbocycles. The van der Waals surface area contributed by atoms with Gasteiger partial charge in [-0.25, -0.2) is 14.8 Å². The number of nitrogens with zero attached hydrogens (tertiary/aromatic N) is 3. The van der Waals surface area contributed by atoms with Gasteiger partial charge < -0.3 is 25.6 Å². The first-order valence-electron chi connectivity index (χ1n) is 10.8. The highest BCUT2D eigenvalue weighted by Crippen LogP contribution is 2.29. The van der Waals surface area contributed by atoms with Crippen LogP contribution in [0.1, 0.15) is 25.1 Å². The molecule has 1 saturated heterocycles. The Morgan fingerprint density at radius 2 is 2.03 bits per heavy atom. The third-order valence-electron chi connectivity index (χ3n) is 5.53. The number of rotatable bonds is 4. The second kappa shape index (κ2) is 10.1. The molecule has 8 nitrogen and oxygen atoms in total. The number of urea groups is 1. The molecule has 3 heterocycles. The Labute approximate surface area is 196 Å². The summed E-state index contributed by atoms with van der Waals surface area (Å²) in [5.74, 6) is 1.77. The predicted octanol–water partition coefficient (Wildman–Crippen LogP) is 2.96. The molecule has 1 aromatic carbocycles. The van der Waals surface area contributed by atoms with Crippen LogP contribution >= 0.6 is 22.6 Å². The number of fused-ring (bicyclic) bond motifs is 1. The average molecular weight is 536 g/mol. The Morgan fingerprint density at radius 3 is 2.77 bits per heavy atom. The molecule has 4 rings (SSSR count). The second-order valence-electron chi connectivity index (χ2n) is 7.96. The number of carbonyl (C=O) groups is 1. The van der Waals surface area contributed by atoms with Crippen LogP contribution in [0.3, 0.4) is 0 Å². The Bertz CT molecular complexity index is 921. The minimum Gasteiger partial charge on any atom is -0.377 e. The minimum atomic E-state index is -0.216. The number of anilines is 2. The molecular weight excluding hydrogens is 507 g/mol. The fourth-order valence-corrected chi connectivity index (χ4v) is 4.27. The van der Waals surface area contributed by atoms with Crippen molar-refractivity contribution in [2.24, 2.45) is 0 Å². The van der Waals surface area contributed by atoms with Crippen LogP contribution in [0.5, 0.6) is 0 Å². The van der Waals surface area contributed by atoms with E-state index in [1.54, 1.807) is 0 Å². The van der Waals surface area contributed by atoms with Crippen LogP contribution in [0.25, 0.3) is 11.4 Å². The van der Waals surface area contributed by atoms with E-state index in [4.69, 9.17) is 14.7 Å². The molecule has 9 heteroatoms. The summed E-state index contributed by atoms with van der Waals surface area (Å²) < 4.78 is 5.70. The highest BCUT2D eigenvalue weighted by atomic mass is 127. The first-order chi connectivity index (χ1) is 15.0. The van der Waals surface area contributed by atoms with Crippen molar-refractivity contribution in [3.05, 3.63) is 35.5 Å². The van der Waals surface area contributed by atoms with Crippen molar-refractivity contribution >= 4 is 40.1 Å². The van der Waals surface area contributed by atoms with Gasteiger partial charge in [0, 0.05) is 36.3 Å². The highest BCUT2D eigenvalue weighted by molar-refractivity contribution is 14.1. The Balaban J connectivity index is 1.64. The van der Waals surface area contributed by atoms with Crippen molar-refractivity contribution in [2.75, 3.05) is 43.1 Å². The van der Waals surface area contributed by atoms with Crippen LogP contribution in [-0.2, 0) is 17.6 Å². The van der Waals surface area contributed by atoms with Crippen molar-refractivity contribution in [3.63, 3.8) is 0 Å². The van der Waals surface area contributed by atoms with Gasteiger partial charge in [-0.1, -0.05) is 22.6 Å². The number of benzene rings is 1. The average Bonchev–Trinajstić information content (AvgIpc) is 2.99. The number of nitrogens with one attached hydrogen (secondary N) is 3. The largest absolute Gasteiger partial charge is 0.377 e. The molecule has 0 radical (unpaired) electrons. The van der Waals surface area contributed by atoms with Gasteiger partial charge in [-0.15, -0.1) is 0 Å². The maximum atomic E-state index is 11.9. The van der Waals surface area contributed by atoms with E-state index in [0.717, 1.165) is 67.7 Å². The van der Waals surface area contributed by atoms with Crippen LogP contribution in [0.15, 0.2) is 24.3 Å². The van der Waals surface area contributed by atoms with Crippen LogP contribution < -0.4 is 20.9 Å². The molecule has 2 aromatic rings. The third-order valence-corrected chi connectivity index (χ3v) is 5.84. The van der Waals surface area contributed by atoms with Gasteiger partial charge in [-0.05, 0) is 51.1 Å². The number of halogens is 1.